The average molecular weight is 362 g/mol. The van der Waals surface area contributed by atoms with Crippen LogP contribution in [0.15, 0.2) is 34.8 Å². The summed E-state index contributed by atoms with van der Waals surface area (Å²) in [6.45, 7) is 2.10. The van der Waals surface area contributed by atoms with E-state index in [9.17, 15) is 17.6 Å². The van der Waals surface area contributed by atoms with Gasteiger partial charge in [0.15, 0.2) is 0 Å². The molecule has 2 aromatic carbocycles. The van der Waals surface area contributed by atoms with Crippen molar-refractivity contribution in [2.45, 2.75) is 13.0 Å². The Morgan fingerprint density at radius 1 is 1.05 bits per heavy atom. The van der Waals surface area contributed by atoms with Crippen LogP contribution in [-0.4, -0.2) is 6.54 Å². The van der Waals surface area contributed by atoms with Crippen LogP contribution in [0.25, 0.3) is 0 Å². The smallest absolute Gasteiger partial charge is 0.145 e. The molecule has 0 aromatic heterocycles. The van der Waals surface area contributed by atoms with Gasteiger partial charge < -0.3 is 5.32 Å². The highest BCUT2D eigenvalue weighted by molar-refractivity contribution is 9.10. The molecule has 0 aliphatic heterocycles. The Morgan fingerprint density at radius 3 is 2.24 bits per heavy atom. The number of rotatable bonds is 4. The zero-order chi connectivity index (χ0) is 15.6. The molecule has 0 saturated heterocycles. The molecule has 1 atom stereocenters. The SMILES string of the molecule is CCNC(c1cc(F)cc(F)c1)c1c(F)ccc(Br)c1F. The molecule has 2 aromatic rings. The van der Waals surface area contributed by atoms with Crippen LogP contribution in [0.1, 0.15) is 24.1 Å². The summed E-state index contributed by atoms with van der Waals surface area (Å²) in [5.74, 6) is -3.19. The number of halogens is 5. The van der Waals surface area contributed by atoms with Gasteiger partial charge in [0.1, 0.15) is 23.3 Å². The van der Waals surface area contributed by atoms with E-state index in [1.54, 1.807) is 6.92 Å². The summed E-state index contributed by atoms with van der Waals surface area (Å²) in [4.78, 5) is 0. The maximum absolute atomic E-state index is 14.2. The molecule has 0 bridgehead atoms. The molecule has 0 saturated carbocycles. The minimum atomic E-state index is -0.988. The molecule has 0 heterocycles. The Morgan fingerprint density at radius 2 is 1.67 bits per heavy atom. The second-order valence-electron chi connectivity index (χ2n) is 4.45. The minimum absolute atomic E-state index is 0.0821. The number of hydrogen-bond acceptors (Lipinski definition) is 1. The largest absolute Gasteiger partial charge is 0.306 e. The molecule has 0 amide bonds. The quantitative estimate of drug-likeness (QED) is 0.614. The van der Waals surface area contributed by atoms with Crippen LogP contribution in [0.4, 0.5) is 17.6 Å². The molecule has 21 heavy (non-hydrogen) atoms. The van der Waals surface area contributed by atoms with E-state index in [0.29, 0.717) is 12.6 Å². The number of hydrogen-bond donors (Lipinski definition) is 1. The Hall–Kier alpha value is -1.40. The number of benzene rings is 2. The van der Waals surface area contributed by atoms with E-state index < -0.39 is 29.3 Å². The van der Waals surface area contributed by atoms with Crippen LogP contribution in [0.3, 0.4) is 0 Å². The van der Waals surface area contributed by atoms with Crippen molar-refractivity contribution < 1.29 is 17.6 Å². The fraction of sp³-hybridized carbons (Fsp3) is 0.200. The van der Waals surface area contributed by atoms with Crippen molar-refractivity contribution in [3.8, 4) is 0 Å². The zero-order valence-corrected chi connectivity index (χ0v) is 12.6. The molecule has 1 N–H and O–H groups in total. The minimum Gasteiger partial charge on any atom is -0.306 e. The van der Waals surface area contributed by atoms with Crippen LogP contribution in [0.2, 0.25) is 0 Å². The predicted octanol–water partition coefficient (Wildman–Crippen LogP) is 4.70. The first-order chi connectivity index (χ1) is 9.93. The highest BCUT2D eigenvalue weighted by Crippen LogP contribution is 2.31. The Bertz CT molecular complexity index is 640. The molecule has 6 heteroatoms. The molecular formula is C15H12BrF4N. The molecule has 1 unspecified atom stereocenters. The van der Waals surface area contributed by atoms with E-state index in [4.69, 9.17) is 0 Å². The summed E-state index contributed by atoms with van der Waals surface area (Å²) in [5, 5.41) is 2.84. The maximum atomic E-state index is 14.2. The topological polar surface area (TPSA) is 12.0 Å². The van der Waals surface area contributed by atoms with Crippen LogP contribution >= 0.6 is 15.9 Å². The number of nitrogens with one attached hydrogen (secondary N) is 1. The van der Waals surface area contributed by atoms with E-state index in [0.717, 1.165) is 18.2 Å². The summed E-state index contributed by atoms with van der Waals surface area (Å²) in [6.07, 6.45) is 0. The summed E-state index contributed by atoms with van der Waals surface area (Å²) in [6, 6.07) is 4.16. The summed E-state index contributed by atoms with van der Waals surface area (Å²) < 4.78 is 55.0. The van der Waals surface area contributed by atoms with E-state index >= 15 is 0 Å². The normalized spacial score (nSPS) is 12.5. The first kappa shape index (κ1) is 16.0. The van der Waals surface area contributed by atoms with Gasteiger partial charge in [0.2, 0.25) is 0 Å². The Kier molecular flexibility index (Phi) is 5.00. The highest BCUT2D eigenvalue weighted by atomic mass is 79.9. The van der Waals surface area contributed by atoms with Gasteiger partial charge in [0.25, 0.3) is 0 Å². The molecule has 2 rings (SSSR count). The van der Waals surface area contributed by atoms with Gasteiger partial charge in [0, 0.05) is 11.6 Å². The van der Waals surface area contributed by atoms with Crippen molar-refractivity contribution in [2.24, 2.45) is 0 Å². The van der Waals surface area contributed by atoms with Gasteiger partial charge in [-0.05, 0) is 52.3 Å². The summed E-state index contributed by atoms with van der Waals surface area (Å²) >= 11 is 2.98. The van der Waals surface area contributed by atoms with Crippen molar-refractivity contribution in [1.29, 1.82) is 0 Å². The lowest BCUT2D eigenvalue weighted by atomic mass is 9.97. The molecule has 0 fully saturated rings. The molecule has 0 aliphatic rings. The lowest BCUT2D eigenvalue weighted by Crippen LogP contribution is -2.24. The van der Waals surface area contributed by atoms with Crippen molar-refractivity contribution >= 4 is 15.9 Å². The summed E-state index contributed by atoms with van der Waals surface area (Å²) in [5.41, 5.74) is -0.165. The Balaban J connectivity index is 2.61. The van der Waals surface area contributed by atoms with Crippen LogP contribution in [-0.2, 0) is 0 Å². The third-order valence-electron chi connectivity index (χ3n) is 2.99. The molecule has 0 aliphatic carbocycles. The molecule has 0 spiro atoms. The van der Waals surface area contributed by atoms with Gasteiger partial charge in [-0.15, -0.1) is 0 Å². The molecular weight excluding hydrogens is 350 g/mol. The van der Waals surface area contributed by atoms with Crippen LogP contribution in [0.5, 0.6) is 0 Å². The first-order valence-corrected chi connectivity index (χ1v) is 7.06. The van der Waals surface area contributed by atoms with Gasteiger partial charge >= 0.3 is 0 Å². The second-order valence-corrected chi connectivity index (χ2v) is 5.30. The van der Waals surface area contributed by atoms with Gasteiger partial charge in [-0.25, -0.2) is 17.6 Å². The second kappa shape index (κ2) is 6.58. The van der Waals surface area contributed by atoms with Crippen molar-refractivity contribution in [2.75, 3.05) is 6.54 Å². The predicted molar refractivity (Wildman–Crippen MR) is 75.9 cm³/mol. The van der Waals surface area contributed by atoms with E-state index in [2.05, 4.69) is 21.2 Å². The highest BCUT2D eigenvalue weighted by Gasteiger charge is 2.24. The molecule has 1 nitrogen and oxygen atoms in total. The van der Waals surface area contributed by atoms with E-state index in [1.807, 2.05) is 0 Å². The fourth-order valence-corrected chi connectivity index (χ4v) is 2.49. The standard InChI is InChI=1S/C15H12BrF4N/c1-2-21-15(8-5-9(17)7-10(18)6-8)13-12(19)4-3-11(16)14(13)20/h3-7,15,21H,2H2,1H3. The van der Waals surface area contributed by atoms with Crippen molar-refractivity contribution in [3.05, 3.63) is 69.2 Å². The van der Waals surface area contributed by atoms with Crippen molar-refractivity contribution in [1.82, 2.24) is 5.32 Å². The lowest BCUT2D eigenvalue weighted by Gasteiger charge is -2.21. The zero-order valence-electron chi connectivity index (χ0n) is 11.1. The average Bonchev–Trinajstić information content (AvgIpc) is 2.41. The molecule has 112 valence electrons. The summed E-state index contributed by atoms with van der Waals surface area (Å²) in [7, 11) is 0. The third kappa shape index (κ3) is 3.44. The maximum Gasteiger partial charge on any atom is 0.145 e. The van der Waals surface area contributed by atoms with Crippen LogP contribution < -0.4 is 5.32 Å². The lowest BCUT2D eigenvalue weighted by molar-refractivity contribution is 0.502. The van der Waals surface area contributed by atoms with Crippen molar-refractivity contribution in [3.63, 3.8) is 0 Å². The van der Waals surface area contributed by atoms with Gasteiger partial charge in [0.05, 0.1) is 10.5 Å². The third-order valence-corrected chi connectivity index (χ3v) is 3.61. The Labute approximate surface area is 128 Å². The van der Waals surface area contributed by atoms with E-state index in [1.165, 1.54) is 6.07 Å². The first-order valence-electron chi connectivity index (χ1n) is 6.26. The monoisotopic (exact) mass is 361 g/mol. The van der Waals surface area contributed by atoms with Gasteiger partial charge in [-0.3, -0.25) is 0 Å². The fourth-order valence-electron chi connectivity index (χ4n) is 2.14. The van der Waals surface area contributed by atoms with Gasteiger partial charge in [-0.1, -0.05) is 6.92 Å². The van der Waals surface area contributed by atoms with E-state index in [-0.39, 0.29) is 15.6 Å². The van der Waals surface area contributed by atoms with Crippen LogP contribution in [0, 0.1) is 23.3 Å². The molecule has 0 radical (unpaired) electrons. The van der Waals surface area contributed by atoms with Gasteiger partial charge in [-0.2, -0.15) is 0 Å².